The number of hydrogen-bond donors (Lipinski definition) is 1. The molecule has 2 aliphatic rings. The molecule has 1 unspecified atom stereocenters. The van der Waals surface area contributed by atoms with Gasteiger partial charge in [-0.15, -0.1) is 0 Å². The second kappa shape index (κ2) is 7.58. The maximum Gasteiger partial charge on any atom is 0.0702 e. The van der Waals surface area contributed by atoms with Gasteiger partial charge in [0.2, 0.25) is 0 Å². The lowest BCUT2D eigenvalue weighted by molar-refractivity contribution is -0.0349. The first-order valence-electron chi connectivity index (χ1n) is 7.90. The van der Waals surface area contributed by atoms with Crippen molar-refractivity contribution in [1.29, 1.82) is 0 Å². The number of likely N-dealkylation sites (tertiary alicyclic amines) is 1. The van der Waals surface area contributed by atoms with Gasteiger partial charge in [0.25, 0.3) is 0 Å². The second-order valence-electron chi connectivity index (χ2n) is 6.19. The quantitative estimate of drug-likeness (QED) is 0.797. The summed E-state index contributed by atoms with van der Waals surface area (Å²) in [6.07, 6.45) is 6.24. The topological polar surface area (TPSA) is 47.7 Å². The molecule has 1 atom stereocenters. The molecule has 112 valence electrons. The minimum absolute atomic E-state index is 0.283. The molecule has 0 saturated carbocycles. The Morgan fingerprint density at radius 1 is 1.37 bits per heavy atom. The molecule has 2 heterocycles. The Morgan fingerprint density at radius 2 is 2.16 bits per heavy atom. The van der Waals surface area contributed by atoms with Crippen molar-refractivity contribution < 1.29 is 9.47 Å². The van der Waals surface area contributed by atoms with Crippen molar-refractivity contribution in [3.8, 4) is 0 Å². The summed E-state index contributed by atoms with van der Waals surface area (Å²) >= 11 is 0. The minimum Gasteiger partial charge on any atom is -0.381 e. The van der Waals surface area contributed by atoms with Crippen LogP contribution in [0.1, 0.15) is 39.0 Å². The van der Waals surface area contributed by atoms with Crippen molar-refractivity contribution in [3.05, 3.63) is 0 Å². The third-order valence-corrected chi connectivity index (χ3v) is 4.57. The number of rotatable bonds is 6. The molecule has 0 spiro atoms. The van der Waals surface area contributed by atoms with E-state index in [0.29, 0.717) is 6.10 Å². The highest BCUT2D eigenvalue weighted by Crippen LogP contribution is 2.31. The summed E-state index contributed by atoms with van der Waals surface area (Å²) in [6.45, 7) is 9.02. The summed E-state index contributed by atoms with van der Waals surface area (Å²) in [5, 5.41) is 0. The number of piperidine rings is 1. The molecule has 2 fully saturated rings. The molecule has 4 heteroatoms. The summed E-state index contributed by atoms with van der Waals surface area (Å²) < 4.78 is 11.4. The van der Waals surface area contributed by atoms with Crippen molar-refractivity contribution in [2.24, 2.45) is 11.1 Å². The van der Waals surface area contributed by atoms with E-state index < -0.39 is 0 Å². The van der Waals surface area contributed by atoms with Crippen LogP contribution in [-0.4, -0.2) is 57.0 Å². The van der Waals surface area contributed by atoms with E-state index in [4.69, 9.17) is 15.2 Å². The molecule has 2 aliphatic heterocycles. The Labute approximate surface area is 117 Å². The van der Waals surface area contributed by atoms with Crippen molar-refractivity contribution in [3.63, 3.8) is 0 Å². The molecule has 2 saturated heterocycles. The summed E-state index contributed by atoms with van der Waals surface area (Å²) in [5.41, 5.74) is 6.34. The van der Waals surface area contributed by atoms with Gasteiger partial charge in [0.1, 0.15) is 0 Å². The third-order valence-electron chi connectivity index (χ3n) is 4.57. The lowest BCUT2D eigenvalue weighted by atomic mass is 9.79. The van der Waals surface area contributed by atoms with E-state index in [0.717, 1.165) is 58.7 Å². The van der Waals surface area contributed by atoms with Crippen molar-refractivity contribution >= 4 is 0 Å². The van der Waals surface area contributed by atoms with Crippen molar-refractivity contribution in [2.45, 2.75) is 45.1 Å². The zero-order valence-electron chi connectivity index (χ0n) is 12.4. The van der Waals surface area contributed by atoms with E-state index in [1.165, 1.54) is 19.4 Å². The number of nitrogens with two attached hydrogens (primary N) is 1. The lowest BCUT2D eigenvalue weighted by Crippen LogP contribution is -2.50. The van der Waals surface area contributed by atoms with Gasteiger partial charge in [-0.05, 0) is 50.6 Å². The normalized spacial score (nSPS) is 28.4. The van der Waals surface area contributed by atoms with Crippen LogP contribution in [0.3, 0.4) is 0 Å². The van der Waals surface area contributed by atoms with E-state index in [9.17, 15) is 0 Å². The predicted molar refractivity (Wildman–Crippen MR) is 77.2 cm³/mol. The number of hydrogen-bond acceptors (Lipinski definition) is 4. The van der Waals surface area contributed by atoms with Gasteiger partial charge in [0, 0.05) is 32.9 Å². The van der Waals surface area contributed by atoms with Crippen LogP contribution in [0.25, 0.3) is 0 Å². The Kier molecular flexibility index (Phi) is 6.07. The van der Waals surface area contributed by atoms with Crippen molar-refractivity contribution in [1.82, 2.24) is 4.90 Å². The Balaban J connectivity index is 1.83. The molecular formula is C15H30N2O2. The Hall–Kier alpha value is -0.160. The number of nitrogens with zero attached hydrogens (tertiary/aromatic N) is 1. The maximum absolute atomic E-state index is 6.06. The molecule has 0 radical (unpaired) electrons. The Morgan fingerprint density at radius 3 is 2.84 bits per heavy atom. The highest BCUT2D eigenvalue weighted by atomic mass is 16.5. The van der Waals surface area contributed by atoms with E-state index in [2.05, 4.69) is 11.8 Å². The van der Waals surface area contributed by atoms with E-state index in [-0.39, 0.29) is 5.41 Å². The third kappa shape index (κ3) is 4.42. The SMILES string of the molecule is CCCOC1CCCN(CC2(CN)CCOCC2)C1. The summed E-state index contributed by atoms with van der Waals surface area (Å²) in [4.78, 5) is 2.57. The molecule has 0 aliphatic carbocycles. The minimum atomic E-state index is 0.283. The van der Waals surface area contributed by atoms with Gasteiger partial charge in [-0.25, -0.2) is 0 Å². The first kappa shape index (κ1) is 15.2. The van der Waals surface area contributed by atoms with Gasteiger partial charge < -0.3 is 20.1 Å². The second-order valence-corrected chi connectivity index (χ2v) is 6.19. The van der Waals surface area contributed by atoms with Crippen LogP contribution >= 0.6 is 0 Å². The molecule has 0 aromatic carbocycles. The van der Waals surface area contributed by atoms with E-state index in [1.807, 2.05) is 0 Å². The van der Waals surface area contributed by atoms with E-state index >= 15 is 0 Å². The average Bonchev–Trinajstić information content (AvgIpc) is 2.46. The molecule has 0 aromatic rings. The van der Waals surface area contributed by atoms with Crippen LogP contribution in [0.4, 0.5) is 0 Å². The first-order chi connectivity index (χ1) is 9.28. The fourth-order valence-corrected chi connectivity index (χ4v) is 3.28. The van der Waals surface area contributed by atoms with Crippen LogP contribution in [0.2, 0.25) is 0 Å². The van der Waals surface area contributed by atoms with Gasteiger partial charge in [-0.2, -0.15) is 0 Å². The largest absolute Gasteiger partial charge is 0.381 e. The molecular weight excluding hydrogens is 240 g/mol. The zero-order valence-corrected chi connectivity index (χ0v) is 12.4. The summed E-state index contributed by atoms with van der Waals surface area (Å²) in [5.74, 6) is 0. The highest BCUT2D eigenvalue weighted by Gasteiger charge is 2.34. The molecule has 2 rings (SSSR count). The van der Waals surface area contributed by atoms with Gasteiger partial charge in [0.05, 0.1) is 6.10 Å². The molecule has 0 bridgehead atoms. The lowest BCUT2D eigenvalue weighted by Gasteiger charge is -2.42. The van der Waals surface area contributed by atoms with Crippen LogP contribution in [0, 0.1) is 5.41 Å². The smallest absolute Gasteiger partial charge is 0.0702 e. The maximum atomic E-state index is 6.06. The van der Waals surface area contributed by atoms with Gasteiger partial charge >= 0.3 is 0 Å². The Bertz CT molecular complexity index is 255. The summed E-state index contributed by atoms with van der Waals surface area (Å²) in [6, 6.07) is 0. The molecule has 2 N–H and O–H groups in total. The van der Waals surface area contributed by atoms with Gasteiger partial charge in [-0.3, -0.25) is 0 Å². The predicted octanol–water partition coefficient (Wildman–Crippen LogP) is 1.63. The van der Waals surface area contributed by atoms with Crippen molar-refractivity contribution in [2.75, 3.05) is 46.0 Å². The molecule has 0 amide bonds. The molecule has 4 nitrogen and oxygen atoms in total. The average molecular weight is 270 g/mol. The molecule has 19 heavy (non-hydrogen) atoms. The fraction of sp³-hybridized carbons (Fsp3) is 1.00. The van der Waals surface area contributed by atoms with Gasteiger partial charge in [-0.1, -0.05) is 6.92 Å². The van der Waals surface area contributed by atoms with Crippen LogP contribution in [0.5, 0.6) is 0 Å². The summed E-state index contributed by atoms with van der Waals surface area (Å²) in [7, 11) is 0. The number of ether oxygens (including phenoxy) is 2. The van der Waals surface area contributed by atoms with Crippen LogP contribution in [-0.2, 0) is 9.47 Å². The standard InChI is InChI=1S/C15H30N2O2/c1-2-8-19-14-4-3-7-17(11-14)13-15(12-16)5-9-18-10-6-15/h14H,2-13,16H2,1H3. The van der Waals surface area contributed by atoms with Crippen LogP contribution < -0.4 is 5.73 Å². The highest BCUT2D eigenvalue weighted by molar-refractivity contribution is 4.88. The fourth-order valence-electron chi connectivity index (χ4n) is 3.28. The first-order valence-corrected chi connectivity index (χ1v) is 7.90. The van der Waals surface area contributed by atoms with E-state index in [1.54, 1.807) is 0 Å². The van der Waals surface area contributed by atoms with Crippen LogP contribution in [0.15, 0.2) is 0 Å². The monoisotopic (exact) mass is 270 g/mol. The van der Waals surface area contributed by atoms with Gasteiger partial charge in [0.15, 0.2) is 0 Å². The molecule has 0 aromatic heterocycles. The zero-order chi connectivity index (χ0) is 13.6.